The van der Waals surface area contributed by atoms with Gasteiger partial charge < -0.3 is 4.74 Å². The summed E-state index contributed by atoms with van der Waals surface area (Å²) in [5, 5.41) is 2.34. The van der Waals surface area contributed by atoms with Gasteiger partial charge in [-0.2, -0.15) is 0 Å². The molecule has 154 valence electrons. The van der Waals surface area contributed by atoms with Gasteiger partial charge in [0.25, 0.3) is 0 Å². The predicted molar refractivity (Wildman–Crippen MR) is 104 cm³/mol. The molecule has 0 amide bonds. The van der Waals surface area contributed by atoms with Crippen LogP contribution in [0.3, 0.4) is 0 Å². The fourth-order valence-corrected chi connectivity index (χ4v) is 4.32. The van der Waals surface area contributed by atoms with Crippen molar-refractivity contribution in [2.24, 2.45) is 0 Å². The number of allylic oxidation sites excluding steroid dienone is 2. The Morgan fingerprint density at radius 2 is 1.29 bits per heavy atom. The number of fused-ring (bicyclic) bond motifs is 2. The number of halogens is 6. The summed E-state index contributed by atoms with van der Waals surface area (Å²) in [4.78, 5) is 2.55. The van der Waals surface area contributed by atoms with Gasteiger partial charge in [-0.25, -0.2) is 0 Å². The fourth-order valence-electron chi connectivity index (χ4n) is 2.36. The van der Waals surface area contributed by atoms with Gasteiger partial charge >= 0.3 is 33.0 Å². The number of hydrogen-bond acceptors (Lipinski definition) is 1. The van der Waals surface area contributed by atoms with Gasteiger partial charge in [0.1, 0.15) is 5.41 Å². The Morgan fingerprint density at radius 1 is 0.821 bits per heavy atom. The summed E-state index contributed by atoms with van der Waals surface area (Å²) >= 11 is 0. The normalized spacial score (nSPS) is 15.9. The van der Waals surface area contributed by atoms with E-state index < -0.39 is 7.81 Å². The molecule has 2 aromatic rings. The van der Waals surface area contributed by atoms with Crippen LogP contribution >= 0.6 is 7.81 Å². The summed E-state index contributed by atoms with van der Waals surface area (Å²) < 4.78 is 65.2. The molecule has 1 aliphatic heterocycles. The molecule has 9 heteroatoms. The van der Waals surface area contributed by atoms with Crippen molar-refractivity contribution in [3.8, 4) is 11.5 Å². The zero-order valence-electron chi connectivity index (χ0n) is 14.7. The third-order valence-electron chi connectivity index (χ3n) is 3.40. The van der Waals surface area contributed by atoms with Crippen LogP contribution in [0.15, 0.2) is 82.5 Å². The van der Waals surface area contributed by atoms with Crippen LogP contribution in [0, 0.1) is 0 Å². The van der Waals surface area contributed by atoms with Crippen molar-refractivity contribution in [1.82, 2.24) is 0 Å². The maximum absolute atomic E-state index is 10.7. The first-order valence-electron chi connectivity index (χ1n) is 8.28. The molecule has 0 bridgehead atoms. The summed E-state index contributed by atoms with van der Waals surface area (Å²) in [7, 11) is -10.7. The molecule has 0 saturated carbocycles. The van der Waals surface area contributed by atoms with Crippen LogP contribution in [0.1, 0.15) is 19.3 Å². The molecular weight excluding hydrogens is 421 g/mol. The Kier molecular flexibility index (Phi) is 6.26. The topological polar surface area (TPSA) is 9.23 Å². The van der Waals surface area contributed by atoms with E-state index in [9.17, 15) is 25.2 Å². The van der Waals surface area contributed by atoms with Crippen molar-refractivity contribution in [2.45, 2.75) is 29.1 Å². The van der Waals surface area contributed by atoms with Gasteiger partial charge in [-0.05, 0) is 49.6 Å². The van der Waals surface area contributed by atoms with E-state index in [4.69, 9.17) is 4.74 Å². The van der Waals surface area contributed by atoms with Crippen molar-refractivity contribution in [1.29, 1.82) is 0 Å². The molecule has 0 atom stereocenters. The molecule has 0 radical (unpaired) electrons. The van der Waals surface area contributed by atoms with E-state index in [1.54, 1.807) is 0 Å². The summed E-state index contributed by atoms with van der Waals surface area (Å²) in [6.45, 7) is 3.77. The van der Waals surface area contributed by atoms with E-state index in [-0.39, 0.29) is 10.9 Å². The minimum absolute atomic E-state index is 0.0313. The Balaban J connectivity index is 0.000000345. The summed E-state index contributed by atoms with van der Waals surface area (Å²) in [5.41, 5.74) is 0. The molecule has 2 aromatic carbocycles. The standard InChI is InChI=1S/C19H19OS.F6P/c1-2-3-4-5-10-15-21-18-13-8-6-11-16(18)20-17-12-7-9-14-19(17)21;1-7(2,3,4,5)6/h2,6-15H,1,3-5H2;/q+1;-1/b15-10+;. The van der Waals surface area contributed by atoms with Crippen LogP contribution in [0.25, 0.3) is 0 Å². The number of unbranched alkanes of at least 4 members (excludes halogenated alkanes) is 2. The molecule has 28 heavy (non-hydrogen) atoms. The molecule has 0 N–H and O–H groups in total. The molecule has 0 fully saturated rings. The van der Waals surface area contributed by atoms with Crippen LogP contribution < -0.4 is 4.74 Å². The summed E-state index contributed by atoms with van der Waals surface area (Å²) in [5.74, 6) is 1.96. The first kappa shape index (κ1) is 22.4. The van der Waals surface area contributed by atoms with Crippen LogP contribution in [-0.4, -0.2) is 0 Å². The molecule has 0 aromatic heterocycles. The number of rotatable bonds is 5. The quantitative estimate of drug-likeness (QED) is 0.148. The number of para-hydroxylation sites is 2. The molecule has 0 saturated heterocycles. The Labute approximate surface area is 162 Å². The second kappa shape index (κ2) is 7.84. The van der Waals surface area contributed by atoms with Crippen LogP contribution in [0.2, 0.25) is 0 Å². The van der Waals surface area contributed by atoms with Crippen molar-refractivity contribution < 1.29 is 29.9 Å². The van der Waals surface area contributed by atoms with Crippen molar-refractivity contribution in [3.05, 3.63) is 72.7 Å². The van der Waals surface area contributed by atoms with Crippen molar-refractivity contribution in [3.63, 3.8) is 0 Å². The third kappa shape index (κ3) is 8.40. The van der Waals surface area contributed by atoms with Crippen molar-refractivity contribution in [2.75, 3.05) is 0 Å². The zero-order chi connectivity index (χ0) is 20.9. The van der Waals surface area contributed by atoms with Crippen molar-refractivity contribution >= 4 is 18.7 Å². The van der Waals surface area contributed by atoms with Gasteiger partial charge in [-0.15, -0.1) is 6.58 Å². The SMILES string of the molecule is C=CCCC/C=C/[S+]1c2ccccc2Oc2ccccc21.F[P-](F)(F)(F)(F)F. The predicted octanol–water partition coefficient (Wildman–Crippen LogP) is 9.08. The molecule has 0 unspecified atom stereocenters. The van der Waals surface area contributed by atoms with E-state index in [2.05, 4.69) is 54.5 Å². The first-order valence-corrected chi connectivity index (χ1v) is 11.6. The Bertz CT molecular complexity index is 807. The number of hydrogen-bond donors (Lipinski definition) is 0. The second-order valence-electron chi connectivity index (χ2n) is 5.88. The third-order valence-corrected chi connectivity index (χ3v) is 5.49. The average Bonchev–Trinajstić information content (AvgIpc) is 2.58. The van der Waals surface area contributed by atoms with E-state index in [1.165, 1.54) is 9.79 Å². The minimum atomic E-state index is -10.7. The van der Waals surface area contributed by atoms with Gasteiger partial charge in [-0.1, -0.05) is 30.3 Å². The molecule has 1 aliphatic rings. The fraction of sp³-hybridized carbons (Fsp3) is 0.158. The average molecular weight is 440 g/mol. The summed E-state index contributed by atoms with van der Waals surface area (Å²) in [6.07, 6.45) is 7.62. The van der Waals surface area contributed by atoms with E-state index in [0.29, 0.717) is 0 Å². The Morgan fingerprint density at radius 3 is 1.75 bits per heavy atom. The van der Waals surface area contributed by atoms with Gasteiger partial charge in [0.15, 0.2) is 11.5 Å². The Hall–Kier alpha value is -1.92. The molecule has 1 nitrogen and oxygen atoms in total. The van der Waals surface area contributed by atoms with Crippen LogP contribution in [0.5, 0.6) is 11.5 Å². The number of benzene rings is 2. The van der Waals surface area contributed by atoms with Crippen LogP contribution in [0.4, 0.5) is 25.2 Å². The monoisotopic (exact) mass is 440 g/mol. The van der Waals surface area contributed by atoms with Gasteiger partial charge in [0.2, 0.25) is 9.79 Å². The van der Waals surface area contributed by atoms with Crippen LogP contribution in [-0.2, 0) is 10.9 Å². The molecule has 1 heterocycles. The molecule has 0 spiro atoms. The van der Waals surface area contributed by atoms with E-state index in [0.717, 1.165) is 30.8 Å². The molecule has 3 rings (SSSR count). The first-order chi connectivity index (χ1) is 12.8. The molecule has 0 aliphatic carbocycles. The van der Waals surface area contributed by atoms with E-state index in [1.807, 2.05) is 18.2 Å². The second-order valence-corrected chi connectivity index (χ2v) is 9.63. The van der Waals surface area contributed by atoms with Gasteiger partial charge in [0.05, 0.1) is 10.9 Å². The molecular formula is C19H19F6OPS. The maximum atomic E-state index is 9.87. The zero-order valence-corrected chi connectivity index (χ0v) is 16.4. The van der Waals surface area contributed by atoms with Gasteiger partial charge in [-0.3, -0.25) is 0 Å². The van der Waals surface area contributed by atoms with E-state index >= 15 is 0 Å². The summed E-state index contributed by atoms with van der Waals surface area (Å²) in [6, 6.07) is 16.7. The number of ether oxygens (including phenoxy) is 1. The van der Waals surface area contributed by atoms with Gasteiger partial charge in [0, 0.05) is 0 Å².